The maximum absolute atomic E-state index is 12.8. The monoisotopic (exact) mass is 216 g/mol. The maximum atomic E-state index is 12.8. The molecule has 0 aliphatic heterocycles. The second-order valence-corrected chi connectivity index (χ2v) is 3.37. The first-order chi connectivity index (χ1) is 7.72. The van der Waals surface area contributed by atoms with Crippen LogP contribution >= 0.6 is 0 Å². The number of hydrogen-bond acceptors (Lipinski definition) is 2. The molecule has 2 aromatic rings. The quantitative estimate of drug-likeness (QED) is 0.783. The molecule has 0 aliphatic carbocycles. The van der Waals surface area contributed by atoms with Gasteiger partial charge in [0, 0.05) is 17.2 Å². The van der Waals surface area contributed by atoms with Gasteiger partial charge in [-0.3, -0.25) is 4.79 Å². The van der Waals surface area contributed by atoms with Crippen LogP contribution in [0.15, 0.2) is 42.5 Å². The molecule has 1 N–H and O–H groups in total. The lowest BCUT2D eigenvalue weighted by Gasteiger charge is -2.06. The third kappa shape index (κ3) is 1.80. The molecule has 0 aliphatic rings. The molecule has 0 amide bonds. The highest BCUT2D eigenvalue weighted by Gasteiger charge is 2.08. The van der Waals surface area contributed by atoms with Crippen LogP contribution in [0.5, 0.6) is 5.75 Å². The Hall–Kier alpha value is -2.16. The zero-order chi connectivity index (χ0) is 11.5. The zero-order valence-corrected chi connectivity index (χ0v) is 8.35. The van der Waals surface area contributed by atoms with Gasteiger partial charge in [0.15, 0.2) is 6.29 Å². The van der Waals surface area contributed by atoms with Crippen molar-refractivity contribution in [3.8, 4) is 16.9 Å². The van der Waals surface area contributed by atoms with E-state index in [-0.39, 0.29) is 5.75 Å². The summed E-state index contributed by atoms with van der Waals surface area (Å²) in [5, 5.41) is 9.61. The smallest absolute Gasteiger partial charge is 0.150 e. The van der Waals surface area contributed by atoms with Gasteiger partial charge in [0.1, 0.15) is 11.6 Å². The van der Waals surface area contributed by atoms with E-state index in [1.165, 1.54) is 12.1 Å². The number of hydrogen-bond donors (Lipinski definition) is 1. The van der Waals surface area contributed by atoms with Gasteiger partial charge < -0.3 is 5.11 Å². The molecule has 2 nitrogen and oxygen atoms in total. The van der Waals surface area contributed by atoms with Gasteiger partial charge in [0.2, 0.25) is 0 Å². The summed E-state index contributed by atoms with van der Waals surface area (Å²) in [7, 11) is 0. The van der Waals surface area contributed by atoms with E-state index in [1.807, 2.05) is 0 Å². The third-order valence-corrected chi connectivity index (χ3v) is 2.34. The first-order valence-electron chi connectivity index (χ1n) is 4.75. The second-order valence-electron chi connectivity index (χ2n) is 3.37. The van der Waals surface area contributed by atoms with Crippen LogP contribution in [-0.4, -0.2) is 11.4 Å². The average molecular weight is 216 g/mol. The lowest BCUT2D eigenvalue weighted by atomic mass is 9.99. The summed E-state index contributed by atoms with van der Waals surface area (Å²) in [6.45, 7) is 0. The molecule has 0 radical (unpaired) electrons. The van der Waals surface area contributed by atoms with Crippen LogP contribution in [0.4, 0.5) is 4.39 Å². The number of phenols is 1. The van der Waals surface area contributed by atoms with Gasteiger partial charge >= 0.3 is 0 Å². The van der Waals surface area contributed by atoms with E-state index >= 15 is 0 Å². The fourth-order valence-corrected chi connectivity index (χ4v) is 1.58. The molecule has 0 bridgehead atoms. The molecule has 0 atom stereocenters. The van der Waals surface area contributed by atoms with Crippen LogP contribution in [0.1, 0.15) is 10.4 Å². The summed E-state index contributed by atoms with van der Waals surface area (Å²) in [5.74, 6) is -0.681. The number of phenolic OH excluding ortho intramolecular Hbond substituents is 1. The Bertz CT molecular complexity index is 535. The Kier molecular flexibility index (Phi) is 2.68. The molecule has 0 spiro atoms. The number of benzene rings is 2. The summed E-state index contributed by atoms with van der Waals surface area (Å²) in [6.07, 6.45) is 0.706. The molecule has 16 heavy (non-hydrogen) atoms. The summed E-state index contributed by atoms with van der Waals surface area (Å²) in [6, 6.07) is 10.6. The molecular formula is C13H9FO2. The fourth-order valence-electron chi connectivity index (χ4n) is 1.58. The molecule has 0 heterocycles. The number of halogens is 1. The van der Waals surface area contributed by atoms with Crippen molar-refractivity contribution in [1.82, 2.24) is 0 Å². The number of carbonyl (C=O) groups excluding carboxylic acids is 1. The van der Waals surface area contributed by atoms with Crippen molar-refractivity contribution < 1.29 is 14.3 Å². The van der Waals surface area contributed by atoms with E-state index in [1.54, 1.807) is 24.3 Å². The van der Waals surface area contributed by atoms with Crippen LogP contribution in [0.2, 0.25) is 0 Å². The van der Waals surface area contributed by atoms with E-state index < -0.39 is 5.82 Å². The van der Waals surface area contributed by atoms with Crippen LogP contribution in [0, 0.1) is 5.82 Å². The van der Waals surface area contributed by atoms with Crippen molar-refractivity contribution in [2.75, 3.05) is 0 Å². The van der Waals surface area contributed by atoms with Gasteiger partial charge in [0.05, 0.1) is 0 Å². The van der Waals surface area contributed by atoms with Gasteiger partial charge in [-0.2, -0.15) is 0 Å². The molecule has 80 valence electrons. The predicted molar refractivity (Wildman–Crippen MR) is 58.9 cm³/mol. The molecule has 2 rings (SSSR count). The lowest BCUT2D eigenvalue weighted by Crippen LogP contribution is -1.88. The van der Waals surface area contributed by atoms with E-state index in [2.05, 4.69) is 0 Å². The van der Waals surface area contributed by atoms with Crippen LogP contribution in [0.25, 0.3) is 11.1 Å². The van der Waals surface area contributed by atoms with Crippen LogP contribution in [0.3, 0.4) is 0 Å². The van der Waals surface area contributed by atoms with Crippen molar-refractivity contribution in [1.29, 1.82) is 0 Å². The van der Waals surface area contributed by atoms with Gasteiger partial charge in [-0.1, -0.05) is 24.3 Å². The lowest BCUT2D eigenvalue weighted by molar-refractivity contribution is 0.112. The standard InChI is InChI=1S/C13H9FO2/c14-10-5-6-12(13(16)7-10)11-4-2-1-3-9(11)8-15/h1-8,16H. The van der Waals surface area contributed by atoms with Gasteiger partial charge in [-0.05, 0) is 17.7 Å². The van der Waals surface area contributed by atoms with E-state index in [0.29, 0.717) is 23.0 Å². The normalized spacial score (nSPS) is 10.1. The highest BCUT2D eigenvalue weighted by Crippen LogP contribution is 2.31. The topological polar surface area (TPSA) is 37.3 Å². The molecular weight excluding hydrogens is 207 g/mol. The first-order valence-corrected chi connectivity index (χ1v) is 4.75. The Morgan fingerprint density at radius 2 is 1.81 bits per heavy atom. The van der Waals surface area contributed by atoms with Crippen molar-refractivity contribution in [2.24, 2.45) is 0 Å². The zero-order valence-electron chi connectivity index (χ0n) is 8.35. The summed E-state index contributed by atoms with van der Waals surface area (Å²) >= 11 is 0. The third-order valence-electron chi connectivity index (χ3n) is 2.34. The van der Waals surface area contributed by atoms with E-state index in [4.69, 9.17) is 0 Å². The predicted octanol–water partition coefficient (Wildman–Crippen LogP) is 3.01. The van der Waals surface area contributed by atoms with Gasteiger partial charge in [-0.15, -0.1) is 0 Å². The van der Waals surface area contributed by atoms with Crippen molar-refractivity contribution >= 4 is 6.29 Å². The summed E-state index contributed by atoms with van der Waals surface area (Å²) in [4.78, 5) is 10.8. The van der Waals surface area contributed by atoms with Crippen LogP contribution in [-0.2, 0) is 0 Å². The van der Waals surface area contributed by atoms with E-state index in [9.17, 15) is 14.3 Å². The van der Waals surface area contributed by atoms with Gasteiger partial charge in [0.25, 0.3) is 0 Å². The minimum absolute atomic E-state index is 0.172. The number of carbonyl (C=O) groups is 1. The SMILES string of the molecule is O=Cc1ccccc1-c1ccc(F)cc1O. The number of aldehydes is 1. The Balaban J connectivity index is 2.62. The fraction of sp³-hybridized carbons (Fsp3) is 0. The largest absolute Gasteiger partial charge is 0.507 e. The highest BCUT2D eigenvalue weighted by molar-refractivity contribution is 5.89. The molecule has 0 saturated heterocycles. The Morgan fingerprint density at radius 3 is 2.50 bits per heavy atom. The average Bonchev–Trinajstić information content (AvgIpc) is 2.29. The maximum Gasteiger partial charge on any atom is 0.150 e. The number of aromatic hydroxyl groups is 1. The second kappa shape index (κ2) is 4.14. The Labute approximate surface area is 92.0 Å². The first kappa shape index (κ1) is 10.4. The van der Waals surface area contributed by atoms with Crippen LogP contribution < -0.4 is 0 Å². The molecule has 0 aromatic heterocycles. The molecule has 0 fully saturated rings. The summed E-state index contributed by atoms with van der Waals surface area (Å²) in [5.41, 5.74) is 1.50. The van der Waals surface area contributed by atoms with Crippen molar-refractivity contribution in [3.63, 3.8) is 0 Å². The van der Waals surface area contributed by atoms with Crippen molar-refractivity contribution in [3.05, 3.63) is 53.8 Å². The van der Waals surface area contributed by atoms with E-state index in [0.717, 1.165) is 6.07 Å². The molecule has 0 unspecified atom stereocenters. The molecule has 3 heteroatoms. The summed E-state index contributed by atoms with van der Waals surface area (Å²) < 4.78 is 12.8. The highest BCUT2D eigenvalue weighted by atomic mass is 19.1. The molecule has 0 saturated carbocycles. The number of rotatable bonds is 2. The van der Waals surface area contributed by atoms with Crippen molar-refractivity contribution in [2.45, 2.75) is 0 Å². The minimum atomic E-state index is -0.509. The van der Waals surface area contributed by atoms with Gasteiger partial charge in [-0.25, -0.2) is 4.39 Å². The Morgan fingerprint density at radius 1 is 1.06 bits per heavy atom. The minimum Gasteiger partial charge on any atom is -0.507 e. The molecule has 2 aromatic carbocycles.